The SMILES string of the molecule is C#CCOCCOCCOCCOCCNC(=O)[C@H](Nc1nc(Cl)nc2c1cnn2[C@@H]1O[C@H](CO)[C@H]2OC(C)(C)O[C@H]21)c1ccccc1. The molecule has 2 aliphatic heterocycles. The van der Waals surface area contributed by atoms with Crippen molar-refractivity contribution in [1.82, 2.24) is 25.1 Å². The lowest BCUT2D eigenvalue weighted by Crippen LogP contribution is -2.35. The summed E-state index contributed by atoms with van der Waals surface area (Å²) in [7, 11) is 0. The first kappa shape index (κ1) is 35.9. The average molecular weight is 689 g/mol. The van der Waals surface area contributed by atoms with Crippen molar-refractivity contribution in [3.05, 3.63) is 47.4 Å². The Morgan fingerprint density at radius 1 is 1.04 bits per heavy atom. The van der Waals surface area contributed by atoms with Gasteiger partial charge in [0, 0.05) is 6.54 Å². The van der Waals surface area contributed by atoms with Gasteiger partial charge in [0.2, 0.25) is 11.2 Å². The monoisotopic (exact) mass is 688 g/mol. The van der Waals surface area contributed by atoms with E-state index in [2.05, 4.69) is 31.6 Å². The highest BCUT2D eigenvalue weighted by molar-refractivity contribution is 6.28. The van der Waals surface area contributed by atoms with Crippen LogP contribution >= 0.6 is 11.6 Å². The lowest BCUT2D eigenvalue weighted by atomic mass is 10.1. The second kappa shape index (κ2) is 17.3. The second-order valence-corrected chi connectivity index (χ2v) is 11.7. The van der Waals surface area contributed by atoms with Crippen LogP contribution < -0.4 is 10.6 Å². The molecule has 0 spiro atoms. The number of terminal acetylenes is 1. The predicted molar refractivity (Wildman–Crippen MR) is 173 cm³/mol. The molecule has 2 aromatic heterocycles. The molecule has 3 aromatic rings. The van der Waals surface area contributed by atoms with E-state index in [0.29, 0.717) is 62.1 Å². The van der Waals surface area contributed by atoms with Crippen molar-refractivity contribution in [2.45, 2.75) is 50.2 Å². The summed E-state index contributed by atoms with van der Waals surface area (Å²) < 4.78 is 41.3. The molecule has 16 heteroatoms. The number of aliphatic hydroxyl groups is 1. The summed E-state index contributed by atoms with van der Waals surface area (Å²) >= 11 is 6.40. The zero-order valence-corrected chi connectivity index (χ0v) is 27.6. The number of carbonyl (C=O) groups is 1. The Hall–Kier alpha value is -3.43. The molecule has 2 fully saturated rings. The van der Waals surface area contributed by atoms with E-state index < -0.39 is 36.4 Å². The summed E-state index contributed by atoms with van der Waals surface area (Å²) in [5.41, 5.74) is 1.06. The van der Waals surface area contributed by atoms with Crippen LogP contribution in [0.1, 0.15) is 31.7 Å². The normalized spacial score (nSPS) is 22.0. The maximum Gasteiger partial charge on any atom is 0.247 e. The molecule has 3 N–H and O–H groups in total. The molecule has 1 aromatic carbocycles. The summed E-state index contributed by atoms with van der Waals surface area (Å²) in [5, 5.41) is 21.0. The molecule has 48 heavy (non-hydrogen) atoms. The average Bonchev–Trinajstić information content (AvgIpc) is 3.74. The van der Waals surface area contributed by atoms with Crippen molar-refractivity contribution in [1.29, 1.82) is 0 Å². The van der Waals surface area contributed by atoms with E-state index in [1.165, 1.54) is 4.68 Å². The molecule has 0 radical (unpaired) electrons. The number of halogens is 1. The molecular weight excluding hydrogens is 648 g/mol. The number of anilines is 1. The Kier molecular flexibility index (Phi) is 12.9. The molecule has 15 nitrogen and oxygen atoms in total. The van der Waals surface area contributed by atoms with Crippen LogP contribution in [0.3, 0.4) is 0 Å². The van der Waals surface area contributed by atoms with Crippen molar-refractivity contribution in [3.63, 3.8) is 0 Å². The highest BCUT2D eigenvalue weighted by atomic mass is 35.5. The van der Waals surface area contributed by atoms with Crippen LogP contribution in [0.5, 0.6) is 0 Å². The van der Waals surface area contributed by atoms with Crippen molar-refractivity contribution in [2.24, 2.45) is 0 Å². The van der Waals surface area contributed by atoms with Gasteiger partial charge in [0.15, 0.2) is 17.7 Å². The quantitative estimate of drug-likeness (QED) is 0.0949. The van der Waals surface area contributed by atoms with E-state index >= 15 is 0 Å². The fourth-order valence-corrected chi connectivity index (χ4v) is 5.58. The highest BCUT2D eigenvalue weighted by Crippen LogP contribution is 2.43. The number of hydrogen-bond donors (Lipinski definition) is 3. The standard InChI is InChI=1S/C32H41ClN6O9/c1-4-11-42-13-15-44-17-18-45-16-14-43-12-10-34-29(41)24(21-8-6-5-7-9-21)36-27-22-19-35-39(28(22)38-31(33)37-27)30-26-25(23(20-40)46-30)47-32(2,3)48-26/h1,5-9,19,23-26,30,40H,10-18,20H2,2-3H3,(H,34,41)(H,36,37,38)/t23-,24-,25-,26-,30-/m1/s1. The molecule has 0 saturated carbocycles. The van der Waals surface area contributed by atoms with Crippen LogP contribution in [0.25, 0.3) is 11.0 Å². The number of aromatic nitrogens is 4. The van der Waals surface area contributed by atoms with E-state index in [1.54, 1.807) is 20.0 Å². The first-order chi connectivity index (χ1) is 23.3. The zero-order chi connectivity index (χ0) is 33.9. The molecule has 0 unspecified atom stereocenters. The fraction of sp³-hybridized carbons (Fsp3) is 0.562. The molecule has 2 saturated heterocycles. The summed E-state index contributed by atoms with van der Waals surface area (Å²) in [4.78, 5) is 22.3. The van der Waals surface area contributed by atoms with Crippen LogP contribution in [0.4, 0.5) is 5.82 Å². The minimum atomic E-state index is -0.864. The van der Waals surface area contributed by atoms with Gasteiger partial charge in [-0.2, -0.15) is 15.1 Å². The molecular formula is C32H41ClN6O9. The summed E-state index contributed by atoms with van der Waals surface area (Å²) in [6.07, 6.45) is 4.27. The molecule has 0 aliphatic carbocycles. The summed E-state index contributed by atoms with van der Waals surface area (Å²) in [5.74, 6) is 1.53. The largest absolute Gasteiger partial charge is 0.394 e. The van der Waals surface area contributed by atoms with Gasteiger partial charge in [-0.3, -0.25) is 4.79 Å². The van der Waals surface area contributed by atoms with Gasteiger partial charge in [0.25, 0.3) is 0 Å². The lowest BCUT2D eigenvalue weighted by molar-refractivity contribution is -0.201. The minimum Gasteiger partial charge on any atom is -0.394 e. The zero-order valence-electron chi connectivity index (χ0n) is 26.9. The Balaban J connectivity index is 1.17. The number of amides is 1. The number of hydrogen-bond acceptors (Lipinski definition) is 13. The van der Waals surface area contributed by atoms with Crippen molar-refractivity contribution >= 4 is 34.4 Å². The van der Waals surface area contributed by atoms with Gasteiger partial charge in [-0.15, -0.1) is 6.42 Å². The van der Waals surface area contributed by atoms with E-state index in [1.807, 2.05) is 30.3 Å². The Morgan fingerprint density at radius 2 is 1.71 bits per heavy atom. The number of nitrogens with zero attached hydrogens (tertiary/aromatic N) is 4. The molecule has 1 amide bonds. The molecule has 2 aliphatic rings. The summed E-state index contributed by atoms with van der Waals surface area (Å²) in [6.45, 7) is 6.69. The first-order valence-corrected chi connectivity index (χ1v) is 16.1. The van der Waals surface area contributed by atoms with Crippen molar-refractivity contribution in [3.8, 4) is 12.3 Å². The third kappa shape index (κ3) is 9.17. The third-order valence-electron chi connectivity index (χ3n) is 7.50. The van der Waals surface area contributed by atoms with Gasteiger partial charge in [-0.1, -0.05) is 36.3 Å². The Morgan fingerprint density at radius 3 is 2.40 bits per heavy atom. The van der Waals surface area contributed by atoms with E-state index in [0.717, 1.165) is 0 Å². The molecule has 4 heterocycles. The van der Waals surface area contributed by atoms with Gasteiger partial charge in [0.1, 0.15) is 36.8 Å². The molecule has 5 atom stereocenters. The highest BCUT2D eigenvalue weighted by Gasteiger charge is 2.56. The maximum absolute atomic E-state index is 13.5. The van der Waals surface area contributed by atoms with Crippen LogP contribution in [0.15, 0.2) is 36.5 Å². The first-order valence-electron chi connectivity index (χ1n) is 15.7. The van der Waals surface area contributed by atoms with Gasteiger partial charge in [0.05, 0.1) is 64.4 Å². The topological polar surface area (TPSA) is 170 Å². The van der Waals surface area contributed by atoms with Gasteiger partial charge in [-0.05, 0) is 31.0 Å². The van der Waals surface area contributed by atoms with Crippen LogP contribution in [-0.4, -0.2) is 121 Å². The molecule has 5 rings (SSSR count). The lowest BCUT2D eigenvalue weighted by Gasteiger charge is -2.24. The Bertz CT molecular complexity index is 1520. The van der Waals surface area contributed by atoms with E-state index in [4.69, 9.17) is 51.2 Å². The second-order valence-electron chi connectivity index (χ2n) is 11.4. The number of nitrogens with one attached hydrogen (secondary N) is 2. The number of fused-ring (bicyclic) bond motifs is 2. The minimum absolute atomic E-state index is 0.0626. The smallest absolute Gasteiger partial charge is 0.247 e. The molecule has 260 valence electrons. The van der Waals surface area contributed by atoms with Gasteiger partial charge in [-0.25, -0.2) is 4.68 Å². The van der Waals surface area contributed by atoms with Gasteiger partial charge >= 0.3 is 0 Å². The maximum atomic E-state index is 13.5. The van der Waals surface area contributed by atoms with Crippen LogP contribution in [0, 0.1) is 12.3 Å². The third-order valence-corrected chi connectivity index (χ3v) is 7.67. The predicted octanol–water partition coefficient (Wildman–Crippen LogP) is 1.86. The van der Waals surface area contributed by atoms with E-state index in [-0.39, 0.29) is 37.6 Å². The fourth-order valence-electron chi connectivity index (χ4n) is 5.42. The number of rotatable bonds is 19. The van der Waals surface area contributed by atoms with Crippen LogP contribution in [0.2, 0.25) is 5.28 Å². The van der Waals surface area contributed by atoms with Crippen molar-refractivity contribution in [2.75, 3.05) is 71.3 Å². The van der Waals surface area contributed by atoms with E-state index in [9.17, 15) is 9.90 Å². The number of aliphatic hydroxyl groups excluding tert-OH is 1. The number of carbonyl (C=O) groups excluding carboxylic acids is 1. The Labute approximate surface area is 283 Å². The van der Waals surface area contributed by atoms with Crippen LogP contribution in [-0.2, 0) is 38.0 Å². The van der Waals surface area contributed by atoms with Gasteiger partial charge < -0.3 is 48.9 Å². The molecule has 0 bridgehead atoms. The summed E-state index contributed by atoms with van der Waals surface area (Å²) in [6, 6.07) is 8.39. The number of ether oxygens (including phenoxy) is 7. The number of benzene rings is 1. The van der Waals surface area contributed by atoms with Crippen molar-refractivity contribution < 1.29 is 43.1 Å².